The summed E-state index contributed by atoms with van der Waals surface area (Å²) in [7, 11) is 0. The van der Waals surface area contributed by atoms with Gasteiger partial charge in [-0.15, -0.1) is 15.3 Å². The van der Waals surface area contributed by atoms with Crippen LogP contribution in [0.3, 0.4) is 0 Å². The van der Waals surface area contributed by atoms with Crippen LogP contribution in [0.25, 0.3) is 21.5 Å². The van der Waals surface area contributed by atoms with E-state index in [2.05, 4.69) is 38.4 Å². The number of azo groups is 3. The molecule has 8 aromatic carbocycles. The second kappa shape index (κ2) is 26.5. The normalized spacial score (nSPS) is 11.4. The van der Waals surface area contributed by atoms with E-state index in [1.54, 1.807) is 67.6 Å². The van der Waals surface area contributed by atoms with Gasteiger partial charge >= 0.3 is 17.9 Å². The van der Waals surface area contributed by atoms with E-state index >= 15 is 0 Å². The number of rotatable bonds is 24. The number of ether oxygens (including phenoxy) is 4. The van der Waals surface area contributed by atoms with Gasteiger partial charge in [0, 0.05) is 39.4 Å². The molecule has 0 unspecified atom stereocenters. The number of benzene rings is 8. The predicted molar refractivity (Wildman–Crippen MR) is 293 cm³/mol. The Morgan fingerprint density at radius 2 is 0.933 bits per heavy atom. The molecule has 0 saturated carbocycles. The first-order valence-corrected chi connectivity index (χ1v) is 25.0. The molecule has 0 amide bonds. The van der Waals surface area contributed by atoms with E-state index in [0.29, 0.717) is 83.0 Å². The quantitative estimate of drug-likeness (QED) is 0.0205. The van der Waals surface area contributed by atoms with Crippen LogP contribution in [0.4, 0.5) is 39.8 Å². The molecule has 0 aromatic heterocycles. The first-order valence-electron chi connectivity index (χ1n) is 25.0. The number of fused-ring (bicyclic) bond motifs is 2. The maximum atomic E-state index is 12.9. The zero-order valence-corrected chi connectivity index (χ0v) is 42.0. The topological polar surface area (TPSA) is 174 Å². The fourth-order valence-corrected chi connectivity index (χ4v) is 7.71. The molecular formula is C61H57N7O7. The summed E-state index contributed by atoms with van der Waals surface area (Å²) in [5, 5.41) is 34.5. The summed E-state index contributed by atoms with van der Waals surface area (Å²) < 4.78 is 21.9. The van der Waals surface area contributed by atoms with Gasteiger partial charge in [0.2, 0.25) is 0 Å². The number of hydrogen-bond donors (Lipinski definition) is 1. The van der Waals surface area contributed by atoms with Gasteiger partial charge in [-0.2, -0.15) is 15.3 Å². The van der Waals surface area contributed by atoms with Crippen molar-refractivity contribution in [1.82, 2.24) is 0 Å². The molecule has 1 N–H and O–H groups in total. The van der Waals surface area contributed by atoms with Crippen molar-refractivity contribution in [2.45, 2.75) is 58.9 Å². The lowest BCUT2D eigenvalue weighted by Gasteiger charge is -2.12. The number of carbonyl (C=O) groups excluding carboxylic acids is 3. The summed E-state index contributed by atoms with van der Waals surface area (Å²) >= 11 is 0. The molecule has 8 rings (SSSR count). The summed E-state index contributed by atoms with van der Waals surface area (Å²) in [6, 6.07) is 52.1. The molecule has 0 radical (unpaired) electrons. The SMILES string of the molecule is C=C(C)C(=O)OCCCCCCOc1ccc(C(=O)Oc2ccc(CNc3ccc(N=Nc4ccc(N=Nc5ccc(N=Nc6ccc(C(=O)OCCCC)cc6)cc5)c5ccccc45)c4ccccc34)cc2)cc1. The van der Waals surface area contributed by atoms with E-state index in [-0.39, 0.29) is 11.9 Å². The van der Waals surface area contributed by atoms with Crippen LogP contribution in [0.1, 0.15) is 78.7 Å². The molecular weight excluding hydrogens is 943 g/mol. The monoisotopic (exact) mass is 999 g/mol. The van der Waals surface area contributed by atoms with Crippen LogP contribution < -0.4 is 14.8 Å². The lowest BCUT2D eigenvalue weighted by Crippen LogP contribution is -2.08. The highest BCUT2D eigenvalue weighted by atomic mass is 16.5. The van der Waals surface area contributed by atoms with Crippen LogP contribution in [0.5, 0.6) is 11.5 Å². The summed E-state index contributed by atoms with van der Waals surface area (Å²) in [5.41, 5.74) is 7.26. The molecule has 0 aliphatic heterocycles. The van der Waals surface area contributed by atoms with Crippen molar-refractivity contribution in [2.24, 2.45) is 30.7 Å². The van der Waals surface area contributed by atoms with Gasteiger partial charge in [0.05, 0.1) is 65.1 Å². The average Bonchev–Trinajstić information content (AvgIpc) is 3.44. The lowest BCUT2D eigenvalue weighted by molar-refractivity contribution is -0.139. The zero-order chi connectivity index (χ0) is 52.2. The Labute approximate surface area is 435 Å². The van der Waals surface area contributed by atoms with Crippen LogP contribution in [-0.2, 0) is 20.8 Å². The maximum Gasteiger partial charge on any atom is 0.343 e. The van der Waals surface area contributed by atoms with Crippen molar-refractivity contribution < 1.29 is 33.3 Å². The highest BCUT2D eigenvalue weighted by molar-refractivity contribution is 6.02. The molecule has 0 atom stereocenters. The Morgan fingerprint density at radius 1 is 0.467 bits per heavy atom. The first-order chi connectivity index (χ1) is 36.7. The molecule has 0 aliphatic carbocycles. The number of nitrogens with one attached hydrogen (secondary N) is 1. The van der Waals surface area contributed by atoms with Crippen molar-refractivity contribution in [1.29, 1.82) is 0 Å². The Kier molecular flexibility index (Phi) is 18.4. The maximum absolute atomic E-state index is 12.9. The van der Waals surface area contributed by atoms with Crippen molar-refractivity contribution in [3.63, 3.8) is 0 Å². The molecule has 75 heavy (non-hydrogen) atoms. The van der Waals surface area contributed by atoms with Crippen LogP contribution in [0.2, 0.25) is 0 Å². The largest absolute Gasteiger partial charge is 0.494 e. The summed E-state index contributed by atoms with van der Waals surface area (Å²) in [6.45, 7) is 9.15. The van der Waals surface area contributed by atoms with Crippen molar-refractivity contribution in [3.8, 4) is 11.5 Å². The van der Waals surface area contributed by atoms with Crippen molar-refractivity contribution >= 4 is 79.3 Å². The first kappa shape index (κ1) is 52.2. The number of unbranched alkanes of at least 4 members (excludes halogenated alkanes) is 4. The van der Waals surface area contributed by atoms with Gasteiger partial charge in [-0.3, -0.25) is 0 Å². The molecule has 0 heterocycles. The molecule has 0 fully saturated rings. The van der Waals surface area contributed by atoms with Crippen molar-refractivity contribution in [3.05, 3.63) is 199 Å². The Bertz CT molecular complexity index is 3340. The Hall–Kier alpha value is -9.17. The van der Waals surface area contributed by atoms with Gasteiger partial charge in [-0.1, -0.05) is 80.6 Å². The molecule has 8 aromatic rings. The van der Waals surface area contributed by atoms with Crippen LogP contribution in [-0.4, -0.2) is 37.7 Å². The second-order valence-electron chi connectivity index (χ2n) is 17.6. The minimum Gasteiger partial charge on any atom is -0.494 e. The highest BCUT2D eigenvalue weighted by Gasteiger charge is 2.12. The van der Waals surface area contributed by atoms with Gasteiger partial charge in [-0.05, 0) is 154 Å². The number of nitrogens with zero attached hydrogens (tertiary/aromatic N) is 6. The Balaban J connectivity index is 0.825. The average molecular weight is 1000 g/mol. The van der Waals surface area contributed by atoms with Gasteiger partial charge in [0.25, 0.3) is 0 Å². The number of carbonyl (C=O) groups is 3. The Morgan fingerprint density at radius 3 is 1.52 bits per heavy atom. The molecule has 14 nitrogen and oxygen atoms in total. The van der Waals surface area contributed by atoms with E-state index in [1.165, 1.54) is 0 Å². The van der Waals surface area contributed by atoms with Crippen LogP contribution in [0.15, 0.2) is 213 Å². The molecule has 14 heteroatoms. The molecule has 0 spiro atoms. The second-order valence-corrected chi connectivity index (χ2v) is 17.6. The zero-order valence-electron chi connectivity index (χ0n) is 42.0. The molecule has 0 aliphatic rings. The third kappa shape index (κ3) is 15.0. The van der Waals surface area contributed by atoms with Crippen molar-refractivity contribution in [2.75, 3.05) is 25.1 Å². The third-order valence-corrected chi connectivity index (χ3v) is 11.9. The van der Waals surface area contributed by atoms with Crippen LogP contribution in [0, 0.1) is 0 Å². The van der Waals surface area contributed by atoms with Gasteiger partial charge in [0.15, 0.2) is 0 Å². The van der Waals surface area contributed by atoms with Gasteiger partial charge < -0.3 is 24.3 Å². The van der Waals surface area contributed by atoms with E-state index in [4.69, 9.17) is 29.2 Å². The standard InChI is InChI=1S/C61H57N7O7/c1-4-5-38-74-60(70)44-20-24-46(25-21-44)63-64-47-26-28-48(29-27-47)65-66-56-36-37-58(54-17-11-10-16-53(54)56)68-67-57-35-34-55(51-14-8-9-15-52(51)57)62-41-43-18-30-50(31-19-43)75-61(71)45-22-32-49(33-23-45)72-39-12-6-7-13-40-73-59(69)42(2)3/h8-11,14-37,62H,2,4-7,12-13,38-41H2,1,3H3. The minimum absolute atomic E-state index is 0.346. The number of anilines is 1. The predicted octanol–water partition coefficient (Wildman–Crippen LogP) is 17.1. The third-order valence-electron chi connectivity index (χ3n) is 11.9. The van der Waals surface area contributed by atoms with E-state index in [0.717, 1.165) is 77.0 Å². The summed E-state index contributed by atoms with van der Waals surface area (Å²) in [6.07, 6.45) is 5.34. The fraction of sp³-hybridized carbons (Fsp3) is 0.197. The minimum atomic E-state index is -0.457. The molecule has 0 saturated heterocycles. The van der Waals surface area contributed by atoms with E-state index in [9.17, 15) is 14.4 Å². The molecule has 0 bridgehead atoms. The van der Waals surface area contributed by atoms with Gasteiger partial charge in [-0.25, -0.2) is 14.4 Å². The van der Waals surface area contributed by atoms with Crippen LogP contribution >= 0.6 is 0 Å². The van der Waals surface area contributed by atoms with E-state index < -0.39 is 5.97 Å². The highest BCUT2D eigenvalue weighted by Crippen LogP contribution is 2.38. The van der Waals surface area contributed by atoms with Gasteiger partial charge in [0.1, 0.15) is 11.5 Å². The summed E-state index contributed by atoms with van der Waals surface area (Å²) in [4.78, 5) is 36.6. The fourth-order valence-electron chi connectivity index (χ4n) is 7.71. The lowest BCUT2D eigenvalue weighted by atomic mass is 10.1. The smallest absolute Gasteiger partial charge is 0.343 e. The number of esters is 3. The summed E-state index contributed by atoms with van der Waals surface area (Å²) in [5.74, 6) is -0.0394. The van der Waals surface area contributed by atoms with E-state index in [1.807, 2.05) is 110 Å². The number of hydrogen-bond acceptors (Lipinski definition) is 14. The molecule has 378 valence electrons.